The summed E-state index contributed by atoms with van der Waals surface area (Å²) in [5.41, 5.74) is 3.65. The molecule has 1 aliphatic heterocycles. The number of pyridine rings is 1. The van der Waals surface area contributed by atoms with E-state index in [0.717, 1.165) is 54.3 Å². The molecule has 1 fully saturated rings. The van der Waals surface area contributed by atoms with Gasteiger partial charge in [0.1, 0.15) is 11.6 Å². The van der Waals surface area contributed by atoms with Crippen LogP contribution in [-0.4, -0.2) is 42.0 Å². The molecular weight excluding hydrogens is 394 g/mol. The van der Waals surface area contributed by atoms with Gasteiger partial charge in [0.25, 0.3) is 0 Å². The quantitative estimate of drug-likeness (QED) is 0.650. The van der Waals surface area contributed by atoms with Crippen LogP contribution in [0.1, 0.15) is 37.0 Å². The van der Waals surface area contributed by atoms with Gasteiger partial charge in [-0.2, -0.15) is 11.8 Å². The zero-order valence-corrected chi connectivity index (χ0v) is 17.7. The minimum Gasteiger partial charge on any atom is -0.395 e. The molecule has 0 bridgehead atoms. The average molecular weight is 418 g/mol. The van der Waals surface area contributed by atoms with Crippen LogP contribution in [0.5, 0.6) is 0 Å². The Labute approximate surface area is 180 Å². The third kappa shape index (κ3) is 3.11. The summed E-state index contributed by atoms with van der Waals surface area (Å²) < 4.78 is 2.09. The van der Waals surface area contributed by atoms with Crippen LogP contribution >= 0.6 is 11.8 Å². The maximum absolute atomic E-state index is 9.81. The van der Waals surface area contributed by atoms with Crippen molar-refractivity contribution in [1.29, 1.82) is 0 Å². The molecule has 2 aliphatic rings. The van der Waals surface area contributed by atoms with Crippen LogP contribution in [0.3, 0.4) is 0 Å². The number of aliphatic hydroxyl groups excluding tert-OH is 1. The van der Waals surface area contributed by atoms with Gasteiger partial charge < -0.3 is 9.67 Å². The number of aliphatic hydroxyl groups is 1. The molecule has 1 atom stereocenters. The van der Waals surface area contributed by atoms with Gasteiger partial charge in [-0.05, 0) is 37.0 Å². The molecular formula is C23H23N5OS. The summed E-state index contributed by atoms with van der Waals surface area (Å²) in [5.74, 6) is 2.98. The molecule has 3 aromatic rings. The Morgan fingerprint density at radius 2 is 2.00 bits per heavy atom. The summed E-state index contributed by atoms with van der Waals surface area (Å²) in [7, 11) is 0. The van der Waals surface area contributed by atoms with Crippen molar-refractivity contribution >= 4 is 17.4 Å². The number of hydrogen-bond acceptors (Lipinski definition) is 5. The van der Waals surface area contributed by atoms with E-state index in [1.807, 2.05) is 11.8 Å². The van der Waals surface area contributed by atoms with Gasteiger partial charge in [-0.25, -0.2) is 4.85 Å². The van der Waals surface area contributed by atoms with E-state index < -0.39 is 0 Å². The molecule has 2 aromatic heterocycles. The third-order valence-corrected chi connectivity index (χ3v) is 7.66. The monoisotopic (exact) mass is 417 g/mol. The Morgan fingerprint density at radius 1 is 1.20 bits per heavy atom. The van der Waals surface area contributed by atoms with Gasteiger partial charge in [0.2, 0.25) is 0 Å². The van der Waals surface area contributed by atoms with E-state index >= 15 is 0 Å². The molecule has 5 rings (SSSR count). The Kier molecular flexibility index (Phi) is 4.64. The number of aromatic nitrogens is 4. The molecule has 6 nitrogen and oxygen atoms in total. The van der Waals surface area contributed by atoms with Gasteiger partial charge in [0.05, 0.1) is 18.6 Å². The Balaban J connectivity index is 1.48. The molecule has 7 heteroatoms. The fourth-order valence-electron chi connectivity index (χ4n) is 4.37. The highest BCUT2D eigenvalue weighted by atomic mass is 32.2. The fraction of sp³-hybridized carbons (Fsp3) is 0.391. The van der Waals surface area contributed by atoms with E-state index in [2.05, 4.69) is 55.8 Å². The van der Waals surface area contributed by atoms with E-state index in [1.54, 1.807) is 18.5 Å². The SMILES string of the molecule is [C-]#[N+]c1ccncc1-c1ccc(C2(c3nnc4n3CCSC(C)(CO)C4)CC2)cc1. The number of hydrogen-bond donors (Lipinski definition) is 1. The molecule has 152 valence electrons. The van der Waals surface area contributed by atoms with Crippen LogP contribution in [0.2, 0.25) is 0 Å². The Bertz CT molecular complexity index is 1130. The standard InChI is InChI=1S/C23H23N5OS/c1-22(15-29)13-20-26-27-21(28(20)11-12-30-22)23(8-9-23)17-5-3-16(4-6-17)18-14-25-10-7-19(18)24-2/h3-7,10,14,29H,8-9,11-13,15H2,1H3. The van der Waals surface area contributed by atoms with Crippen LogP contribution in [0.4, 0.5) is 5.69 Å². The van der Waals surface area contributed by atoms with Crippen molar-refractivity contribution in [2.75, 3.05) is 12.4 Å². The van der Waals surface area contributed by atoms with Gasteiger partial charge in [-0.3, -0.25) is 4.98 Å². The molecule has 0 saturated heterocycles. The number of fused-ring (bicyclic) bond motifs is 1. The van der Waals surface area contributed by atoms with Crippen molar-refractivity contribution in [3.63, 3.8) is 0 Å². The second-order valence-corrected chi connectivity index (χ2v) is 10.1. The Hall–Kier alpha value is -2.69. The van der Waals surface area contributed by atoms with Crippen molar-refractivity contribution in [2.45, 2.75) is 42.9 Å². The summed E-state index contributed by atoms with van der Waals surface area (Å²) in [4.78, 5) is 7.80. The van der Waals surface area contributed by atoms with E-state index in [1.165, 1.54) is 5.56 Å². The predicted octanol–water partition coefficient (Wildman–Crippen LogP) is 4.01. The zero-order valence-electron chi connectivity index (χ0n) is 16.9. The maximum atomic E-state index is 9.81. The summed E-state index contributed by atoms with van der Waals surface area (Å²) in [6, 6.07) is 10.2. The highest BCUT2D eigenvalue weighted by Crippen LogP contribution is 2.53. The zero-order chi connectivity index (χ0) is 20.8. The first kappa shape index (κ1) is 19.3. The largest absolute Gasteiger partial charge is 0.395 e. The fourth-order valence-corrected chi connectivity index (χ4v) is 5.46. The summed E-state index contributed by atoms with van der Waals surface area (Å²) in [5, 5.41) is 19.0. The maximum Gasteiger partial charge on any atom is 0.197 e. The summed E-state index contributed by atoms with van der Waals surface area (Å²) in [6.07, 6.45) is 6.27. The number of rotatable bonds is 4. The summed E-state index contributed by atoms with van der Waals surface area (Å²) >= 11 is 1.82. The topological polar surface area (TPSA) is 68.2 Å². The lowest BCUT2D eigenvalue weighted by molar-refractivity contribution is 0.254. The molecule has 1 aromatic carbocycles. The normalized spacial score (nSPS) is 22.0. The van der Waals surface area contributed by atoms with Crippen LogP contribution < -0.4 is 0 Å². The molecule has 0 radical (unpaired) electrons. The minimum atomic E-state index is -0.193. The smallest absolute Gasteiger partial charge is 0.197 e. The molecule has 1 unspecified atom stereocenters. The third-order valence-electron chi connectivity index (χ3n) is 6.30. The van der Waals surface area contributed by atoms with Crippen molar-refractivity contribution in [3.05, 3.63) is 71.4 Å². The van der Waals surface area contributed by atoms with Crippen molar-refractivity contribution in [3.8, 4) is 11.1 Å². The first-order valence-corrected chi connectivity index (χ1v) is 11.2. The number of benzene rings is 1. The average Bonchev–Trinajstić information content (AvgIpc) is 3.53. The van der Waals surface area contributed by atoms with Crippen molar-refractivity contribution in [2.24, 2.45) is 0 Å². The van der Waals surface area contributed by atoms with E-state index in [4.69, 9.17) is 6.57 Å². The molecule has 30 heavy (non-hydrogen) atoms. The van der Waals surface area contributed by atoms with E-state index in [9.17, 15) is 5.11 Å². The lowest BCUT2D eigenvalue weighted by Crippen LogP contribution is -2.28. The number of nitrogens with zero attached hydrogens (tertiary/aromatic N) is 5. The van der Waals surface area contributed by atoms with Crippen LogP contribution in [0.15, 0.2) is 42.7 Å². The van der Waals surface area contributed by atoms with Crippen LogP contribution in [0.25, 0.3) is 16.0 Å². The Morgan fingerprint density at radius 3 is 2.70 bits per heavy atom. The first-order valence-electron chi connectivity index (χ1n) is 10.2. The number of thioether (sulfide) groups is 1. The molecule has 1 aliphatic carbocycles. The van der Waals surface area contributed by atoms with E-state index in [0.29, 0.717) is 5.69 Å². The van der Waals surface area contributed by atoms with Crippen molar-refractivity contribution < 1.29 is 5.11 Å². The highest BCUT2D eigenvalue weighted by Gasteiger charge is 2.50. The second kappa shape index (κ2) is 7.22. The second-order valence-electron chi connectivity index (χ2n) is 8.39. The summed E-state index contributed by atoms with van der Waals surface area (Å²) in [6.45, 7) is 10.5. The molecule has 0 amide bonds. The van der Waals surface area contributed by atoms with Gasteiger partial charge in [0.15, 0.2) is 5.69 Å². The van der Waals surface area contributed by atoms with E-state index in [-0.39, 0.29) is 16.8 Å². The first-order chi connectivity index (χ1) is 14.6. The van der Waals surface area contributed by atoms with Gasteiger partial charge >= 0.3 is 0 Å². The lowest BCUT2D eigenvalue weighted by atomic mass is 9.92. The minimum absolute atomic E-state index is 0.0774. The molecule has 1 saturated carbocycles. The van der Waals surface area contributed by atoms with Gasteiger partial charge in [0, 0.05) is 41.4 Å². The van der Waals surface area contributed by atoms with Crippen molar-refractivity contribution in [1.82, 2.24) is 19.7 Å². The van der Waals surface area contributed by atoms with Gasteiger partial charge in [-0.1, -0.05) is 24.3 Å². The van der Waals surface area contributed by atoms with Crippen LogP contribution in [0, 0.1) is 6.57 Å². The lowest BCUT2D eigenvalue weighted by Gasteiger charge is -2.23. The molecule has 0 spiro atoms. The predicted molar refractivity (Wildman–Crippen MR) is 118 cm³/mol. The highest BCUT2D eigenvalue weighted by molar-refractivity contribution is 8.00. The molecule has 1 N–H and O–H groups in total. The molecule has 3 heterocycles. The van der Waals surface area contributed by atoms with Crippen LogP contribution in [-0.2, 0) is 18.4 Å². The van der Waals surface area contributed by atoms with Gasteiger partial charge in [-0.15, -0.1) is 10.2 Å².